The third kappa shape index (κ3) is 2.77. The van der Waals surface area contributed by atoms with Gasteiger partial charge in [-0.1, -0.05) is 4.89 Å². The van der Waals surface area contributed by atoms with Crippen LogP contribution < -0.4 is 4.89 Å². The smallest absolute Gasteiger partial charge is 0.271 e. The van der Waals surface area contributed by atoms with Gasteiger partial charge in [-0.15, -0.1) is 11.3 Å². The van der Waals surface area contributed by atoms with Crippen molar-refractivity contribution in [2.75, 3.05) is 6.61 Å². The normalized spacial score (nSPS) is 11.9. The highest BCUT2D eigenvalue weighted by Gasteiger charge is 2.17. The van der Waals surface area contributed by atoms with E-state index in [2.05, 4.69) is 20.8 Å². The molecule has 1 aromatic heterocycles. The summed E-state index contributed by atoms with van der Waals surface area (Å²) in [6, 6.07) is 1.59. The maximum Gasteiger partial charge on any atom is 0.271 e. The van der Waals surface area contributed by atoms with Crippen LogP contribution >= 0.6 is 27.3 Å². The van der Waals surface area contributed by atoms with Crippen molar-refractivity contribution in [2.24, 2.45) is 0 Å². The highest BCUT2D eigenvalue weighted by atomic mass is 79.9. The van der Waals surface area contributed by atoms with Crippen LogP contribution in [0.3, 0.4) is 0 Å². The molecule has 0 atom stereocenters. The largest absolute Gasteiger partial charge is 0.287 e. The molecule has 0 aliphatic carbocycles. The number of hydrogen-bond donors (Lipinski definition) is 1. The lowest BCUT2D eigenvalue weighted by Gasteiger charge is -2.01. The van der Waals surface area contributed by atoms with E-state index in [-0.39, 0.29) is 4.21 Å². The van der Waals surface area contributed by atoms with Crippen LogP contribution in [0.15, 0.2) is 14.1 Å². The summed E-state index contributed by atoms with van der Waals surface area (Å²) < 4.78 is 24.1. The molecule has 1 heterocycles. The molecule has 0 spiro atoms. The van der Waals surface area contributed by atoms with Crippen molar-refractivity contribution in [3.63, 3.8) is 0 Å². The molecule has 0 radical (unpaired) electrons. The fourth-order valence-corrected chi connectivity index (χ4v) is 3.81. The van der Waals surface area contributed by atoms with Crippen LogP contribution in [0.1, 0.15) is 12.5 Å². The highest BCUT2D eigenvalue weighted by molar-refractivity contribution is 9.11. The zero-order valence-corrected chi connectivity index (χ0v) is 10.9. The summed E-state index contributed by atoms with van der Waals surface area (Å²) in [5.41, 5.74) is 0.895. The molecular formula is C7H10BrNO3S2. The van der Waals surface area contributed by atoms with Gasteiger partial charge in [0.2, 0.25) is 0 Å². The van der Waals surface area contributed by atoms with E-state index < -0.39 is 10.0 Å². The Bertz CT molecular complexity index is 393. The molecule has 1 N–H and O–H groups in total. The standard InChI is InChI=1S/C7H10BrNO3S2/c1-3-12-9-14(10,11)6-4-5(2)7(8)13-6/h4,9H,3H2,1-2H3. The second-order valence-corrected chi connectivity index (χ2v) is 6.78. The average Bonchev–Trinajstić information content (AvgIpc) is 2.45. The topological polar surface area (TPSA) is 55.4 Å². The fourth-order valence-electron chi connectivity index (χ4n) is 0.742. The molecule has 0 aliphatic heterocycles. The molecule has 80 valence electrons. The van der Waals surface area contributed by atoms with E-state index in [9.17, 15) is 8.42 Å². The number of rotatable bonds is 4. The quantitative estimate of drug-likeness (QED) is 0.866. The molecule has 14 heavy (non-hydrogen) atoms. The van der Waals surface area contributed by atoms with Gasteiger partial charge in [0, 0.05) is 0 Å². The molecule has 0 fully saturated rings. The number of thiophene rings is 1. The molecule has 0 saturated heterocycles. The van der Waals surface area contributed by atoms with Crippen LogP contribution in [0.25, 0.3) is 0 Å². The molecule has 7 heteroatoms. The summed E-state index contributed by atoms with van der Waals surface area (Å²) in [6.07, 6.45) is 0. The van der Waals surface area contributed by atoms with E-state index in [0.29, 0.717) is 6.61 Å². The SMILES string of the molecule is CCONS(=O)(=O)c1cc(C)c(Br)s1. The Morgan fingerprint density at radius 2 is 2.29 bits per heavy atom. The van der Waals surface area contributed by atoms with Crippen LogP contribution in [0, 0.1) is 6.92 Å². The fraction of sp³-hybridized carbons (Fsp3) is 0.429. The first-order valence-corrected chi connectivity index (χ1v) is 6.96. The lowest BCUT2D eigenvalue weighted by atomic mass is 10.4. The van der Waals surface area contributed by atoms with E-state index in [1.54, 1.807) is 13.0 Å². The minimum Gasteiger partial charge on any atom is -0.287 e. The van der Waals surface area contributed by atoms with Gasteiger partial charge in [0.1, 0.15) is 4.21 Å². The van der Waals surface area contributed by atoms with E-state index in [4.69, 9.17) is 0 Å². The van der Waals surface area contributed by atoms with Crippen molar-refractivity contribution < 1.29 is 13.3 Å². The third-order valence-corrected chi connectivity index (χ3v) is 5.24. The Morgan fingerprint density at radius 3 is 2.71 bits per heavy atom. The monoisotopic (exact) mass is 299 g/mol. The number of nitrogens with one attached hydrogen (secondary N) is 1. The Kier molecular flexibility index (Phi) is 4.08. The van der Waals surface area contributed by atoms with E-state index in [1.165, 1.54) is 0 Å². The molecule has 0 saturated carbocycles. The number of aryl methyl sites for hydroxylation is 1. The predicted molar refractivity (Wildman–Crippen MR) is 58.7 cm³/mol. The van der Waals surface area contributed by atoms with E-state index in [1.807, 2.05) is 11.8 Å². The van der Waals surface area contributed by atoms with Crippen LogP contribution in [-0.2, 0) is 14.9 Å². The van der Waals surface area contributed by atoms with E-state index >= 15 is 0 Å². The van der Waals surface area contributed by atoms with Gasteiger partial charge in [0.15, 0.2) is 0 Å². The number of halogens is 1. The molecule has 0 aromatic carbocycles. The van der Waals surface area contributed by atoms with Crippen molar-refractivity contribution in [3.8, 4) is 0 Å². The summed E-state index contributed by atoms with van der Waals surface area (Å²) >= 11 is 4.42. The third-order valence-electron chi connectivity index (χ3n) is 1.41. The summed E-state index contributed by atoms with van der Waals surface area (Å²) in [7, 11) is -3.51. The van der Waals surface area contributed by atoms with Crippen molar-refractivity contribution in [3.05, 3.63) is 15.4 Å². The molecule has 0 unspecified atom stereocenters. The summed E-state index contributed by atoms with van der Waals surface area (Å²) in [5, 5.41) is 0. The number of sulfonamides is 1. The molecular weight excluding hydrogens is 290 g/mol. The van der Waals surface area contributed by atoms with Crippen molar-refractivity contribution >= 4 is 37.3 Å². The lowest BCUT2D eigenvalue weighted by Crippen LogP contribution is -2.23. The molecule has 0 bridgehead atoms. The molecule has 0 amide bonds. The van der Waals surface area contributed by atoms with Gasteiger partial charge in [0.05, 0.1) is 10.4 Å². The van der Waals surface area contributed by atoms with Crippen molar-refractivity contribution in [2.45, 2.75) is 18.1 Å². The highest BCUT2D eigenvalue weighted by Crippen LogP contribution is 2.30. The zero-order valence-electron chi connectivity index (χ0n) is 7.70. The first-order valence-electron chi connectivity index (χ1n) is 3.87. The first kappa shape index (κ1) is 12.1. The zero-order chi connectivity index (χ0) is 10.8. The summed E-state index contributed by atoms with van der Waals surface area (Å²) in [6.45, 7) is 3.84. The van der Waals surface area contributed by atoms with Gasteiger partial charge in [-0.05, 0) is 41.4 Å². The van der Waals surface area contributed by atoms with Gasteiger partial charge in [-0.2, -0.15) is 0 Å². The van der Waals surface area contributed by atoms with Gasteiger partial charge in [0.25, 0.3) is 10.0 Å². The van der Waals surface area contributed by atoms with Gasteiger partial charge < -0.3 is 0 Å². The van der Waals surface area contributed by atoms with Gasteiger partial charge in [-0.25, -0.2) is 8.42 Å². The molecule has 0 aliphatic rings. The van der Waals surface area contributed by atoms with Crippen LogP contribution in [0.5, 0.6) is 0 Å². The summed E-state index contributed by atoms with van der Waals surface area (Å²) in [4.78, 5) is 6.68. The maximum atomic E-state index is 11.5. The van der Waals surface area contributed by atoms with Gasteiger partial charge >= 0.3 is 0 Å². The van der Waals surface area contributed by atoms with Crippen LogP contribution in [0.4, 0.5) is 0 Å². The Hall–Kier alpha value is 0.0500. The van der Waals surface area contributed by atoms with Crippen molar-refractivity contribution in [1.82, 2.24) is 4.89 Å². The van der Waals surface area contributed by atoms with E-state index in [0.717, 1.165) is 20.7 Å². The van der Waals surface area contributed by atoms with Gasteiger partial charge in [-0.3, -0.25) is 4.84 Å². The predicted octanol–water partition coefficient (Wildman–Crippen LogP) is 2.05. The average molecular weight is 300 g/mol. The van der Waals surface area contributed by atoms with Crippen LogP contribution in [0.2, 0.25) is 0 Å². The second-order valence-electron chi connectivity index (χ2n) is 2.54. The maximum absolute atomic E-state index is 11.5. The number of hydrogen-bond acceptors (Lipinski definition) is 4. The summed E-state index contributed by atoms with van der Waals surface area (Å²) in [5.74, 6) is 0. The Balaban J connectivity index is 2.93. The first-order chi connectivity index (χ1) is 6.47. The molecule has 4 nitrogen and oxygen atoms in total. The second kappa shape index (κ2) is 4.71. The van der Waals surface area contributed by atoms with Crippen LogP contribution in [-0.4, -0.2) is 15.0 Å². The minimum absolute atomic E-state index is 0.246. The lowest BCUT2D eigenvalue weighted by molar-refractivity contribution is 0.105. The van der Waals surface area contributed by atoms with Crippen molar-refractivity contribution in [1.29, 1.82) is 0 Å². The Labute approximate surface area is 95.4 Å². The minimum atomic E-state index is -3.51. The Morgan fingerprint density at radius 1 is 1.64 bits per heavy atom. The molecule has 1 rings (SSSR count). The molecule has 1 aromatic rings.